The Kier molecular flexibility index (Phi) is 4.89. The Labute approximate surface area is 96.1 Å². The Morgan fingerprint density at radius 1 is 0.941 bits per heavy atom. The van der Waals surface area contributed by atoms with Gasteiger partial charge in [-0.05, 0) is 19.9 Å². The van der Waals surface area contributed by atoms with E-state index in [-0.39, 0.29) is 13.2 Å². The second-order valence-corrected chi connectivity index (χ2v) is 3.13. The smallest absolute Gasteiger partial charge is 0.197 e. The molecule has 0 aliphatic carbocycles. The Morgan fingerprint density at radius 2 is 1.47 bits per heavy atom. The van der Waals surface area contributed by atoms with Crippen molar-refractivity contribution in [3.05, 3.63) is 34.9 Å². The van der Waals surface area contributed by atoms with E-state index in [1.807, 2.05) is 0 Å². The summed E-state index contributed by atoms with van der Waals surface area (Å²) in [7, 11) is 0. The third-order valence-corrected chi connectivity index (χ3v) is 2.02. The van der Waals surface area contributed by atoms with Crippen LogP contribution in [-0.4, -0.2) is 13.2 Å². The van der Waals surface area contributed by atoms with Crippen LogP contribution >= 0.6 is 0 Å². The molecule has 96 valence electrons. The van der Waals surface area contributed by atoms with Gasteiger partial charge < -0.3 is 9.47 Å². The second kappa shape index (κ2) is 5.97. The first-order valence-corrected chi connectivity index (χ1v) is 5.08. The summed E-state index contributed by atoms with van der Waals surface area (Å²) in [5, 5.41) is 0. The molecule has 1 aromatic rings. The van der Waals surface area contributed by atoms with E-state index in [0.717, 1.165) is 0 Å². The average molecular weight is 252 g/mol. The van der Waals surface area contributed by atoms with Crippen LogP contribution in [0.3, 0.4) is 0 Å². The SMILES string of the molecule is CCOC(OCC)c1cc(F)c(F)c(F)c1F. The molecule has 0 unspecified atom stereocenters. The maximum absolute atomic E-state index is 13.4. The molecule has 0 aromatic heterocycles. The number of hydrogen-bond donors (Lipinski definition) is 0. The van der Waals surface area contributed by atoms with Gasteiger partial charge in [-0.25, -0.2) is 17.6 Å². The zero-order valence-electron chi connectivity index (χ0n) is 9.40. The monoisotopic (exact) mass is 252 g/mol. The molecule has 0 saturated heterocycles. The molecule has 2 nitrogen and oxygen atoms in total. The van der Waals surface area contributed by atoms with Gasteiger partial charge in [0.15, 0.2) is 29.6 Å². The summed E-state index contributed by atoms with van der Waals surface area (Å²) in [5.74, 6) is -6.71. The van der Waals surface area contributed by atoms with Crippen LogP contribution in [0.2, 0.25) is 0 Å². The molecule has 17 heavy (non-hydrogen) atoms. The van der Waals surface area contributed by atoms with Gasteiger partial charge in [0.1, 0.15) is 0 Å². The first-order valence-electron chi connectivity index (χ1n) is 5.08. The zero-order valence-corrected chi connectivity index (χ0v) is 9.40. The fourth-order valence-electron chi connectivity index (χ4n) is 1.29. The number of ether oxygens (including phenoxy) is 2. The highest BCUT2D eigenvalue weighted by Crippen LogP contribution is 2.26. The molecular formula is C11H12F4O2. The number of halogens is 4. The molecule has 0 spiro atoms. The van der Waals surface area contributed by atoms with E-state index < -0.39 is 35.1 Å². The van der Waals surface area contributed by atoms with Gasteiger partial charge in [0.25, 0.3) is 0 Å². The Morgan fingerprint density at radius 3 is 1.94 bits per heavy atom. The van der Waals surface area contributed by atoms with Crippen molar-refractivity contribution >= 4 is 0 Å². The molecule has 0 bridgehead atoms. The summed E-state index contributed by atoms with van der Waals surface area (Å²) in [4.78, 5) is 0. The largest absolute Gasteiger partial charge is 0.349 e. The highest BCUT2D eigenvalue weighted by molar-refractivity contribution is 5.23. The maximum Gasteiger partial charge on any atom is 0.197 e. The lowest BCUT2D eigenvalue weighted by Gasteiger charge is -2.18. The first-order chi connectivity index (χ1) is 8.02. The molecule has 1 rings (SSSR count). The van der Waals surface area contributed by atoms with Crippen LogP contribution in [0.15, 0.2) is 6.07 Å². The summed E-state index contributed by atoms with van der Waals surface area (Å²) in [6.45, 7) is 3.54. The molecule has 0 radical (unpaired) electrons. The number of rotatable bonds is 5. The Bertz CT molecular complexity index is 390. The first kappa shape index (κ1) is 13.9. The summed E-state index contributed by atoms with van der Waals surface area (Å²) < 4.78 is 62.1. The molecular weight excluding hydrogens is 240 g/mol. The third-order valence-electron chi connectivity index (χ3n) is 2.02. The van der Waals surface area contributed by atoms with Gasteiger partial charge in [0.2, 0.25) is 0 Å². The highest BCUT2D eigenvalue weighted by atomic mass is 19.2. The summed E-state index contributed by atoms with van der Waals surface area (Å²) in [6, 6.07) is 0.531. The van der Waals surface area contributed by atoms with Crippen molar-refractivity contribution in [1.29, 1.82) is 0 Å². The molecule has 6 heteroatoms. The quantitative estimate of drug-likeness (QED) is 0.346. The van der Waals surface area contributed by atoms with Crippen molar-refractivity contribution in [3.63, 3.8) is 0 Å². The fourth-order valence-corrected chi connectivity index (χ4v) is 1.29. The van der Waals surface area contributed by atoms with Crippen molar-refractivity contribution in [2.45, 2.75) is 20.1 Å². The van der Waals surface area contributed by atoms with E-state index in [1.54, 1.807) is 13.8 Å². The van der Waals surface area contributed by atoms with Crippen LogP contribution < -0.4 is 0 Å². The minimum Gasteiger partial charge on any atom is -0.349 e. The van der Waals surface area contributed by atoms with Gasteiger partial charge in [-0.15, -0.1) is 0 Å². The number of hydrogen-bond acceptors (Lipinski definition) is 2. The minimum atomic E-state index is -1.87. The van der Waals surface area contributed by atoms with Gasteiger partial charge in [0.05, 0.1) is 0 Å². The predicted octanol–water partition coefficient (Wildman–Crippen LogP) is 3.31. The van der Waals surface area contributed by atoms with Crippen molar-refractivity contribution in [2.24, 2.45) is 0 Å². The maximum atomic E-state index is 13.4. The van der Waals surface area contributed by atoms with Gasteiger partial charge in [-0.1, -0.05) is 0 Å². The van der Waals surface area contributed by atoms with Crippen LogP contribution in [0.5, 0.6) is 0 Å². The standard InChI is InChI=1S/C11H12F4O2/c1-3-16-11(17-4-2)6-5-7(12)9(14)10(15)8(6)13/h5,11H,3-4H2,1-2H3. The van der Waals surface area contributed by atoms with Gasteiger partial charge in [-0.2, -0.15) is 0 Å². The molecule has 1 aromatic carbocycles. The molecule has 0 aliphatic rings. The summed E-state index contributed by atoms with van der Waals surface area (Å²) >= 11 is 0. The minimum absolute atomic E-state index is 0.157. The van der Waals surface area contributed by atoms with Crippen LogP contribution in [-0.2, 0) is 9.47 Å². The lowest BCUT2D eigenvalue weighted by atomic mass is 10.1. The molecule has 0 fully saturated rings. The van der Waals surface area contributed by atoms with Gasteiger partial charge >= 0.3 is 0 Å². The molecule has 0 aliphatic heterocycles. The van der Waals surface area contributed by atoms with E-state index in [1.165, 1.54) is 0 Å². The number of benzene rings is 1. The van der Waals surface area contributed by atoms with E-state index in [9.17, 15) is 17.6 Å². The van der Waals surface area contributed by atoms with Gasteiger partial charge in [0, 0.05) is 18.8 Å². The van der Waals surface area contributed by atoms with Gasteiger partial charge in [-0.3, -0.25) is 0 Å². The Hall–Kier alpha value is -1.14. The van der Waals surface area contributed by atoms with Crippen molar-refractivity contribution in [3.8, 4) is 0 Å². The van der Waals surface area contributed by atoms with E-state index in [2.05, 4.69) is 0 Å². The third kappa shape index (κ3) is 2.95. The van der Waals surface area contributed by atoms with E-state index >= 15 is 0 Å². The highest BCUT2D eigenvalue weighted by Gasteiger charge is 2.24. The van der Waals surface area contributed by atoms with E-state index in [0.29, 0.717) is 6.07 Å². The summed E-state index contributed by atoms with van der Waals surface area (Å²) in [6.07, 6.45) is -1.26. The normalized spacial score (nSPS) is 11.2. The molecule has 0 amide bonds. The Balaban J connectivity index is 3.18. The van der Waals surface area contributed by atoms with Crippen molar-refractivity contribution < 1.29 is 27.0 Å². The van der Waals surface area contributed by atoms with Crippen LogP contribution in [0.4, 0.5) is 17.6 Å². The van der Waals surface area contributed by atoms with Crippen LogP contribution in [0, 0.1) is 23.3 Å². The lowest BCUT2D eigenvalue weighted by molar-refractivity contribution is -0.142. The summed E-state index contributed by atoms with van der Waals surface area (Å²) in [5.41, 5.74) is -0.495. The van der Waals surface area contributed by atoms with Crippen LogP contribution in [0.25, 0.3) is 0 Å². The van der Waals surface area contributed by atoms with Crippen molar-refractivity contribution in [2.75, 3.05) is 13.2 Å². The average Bonchev–Trinajstić information content (AvgIpc) is 2.31. The molecule has 0 N–H and O–H groups in total. The molecule has 0 heterocycles. The molecule has 0 saturated carbocycles. The zero-order chi connectivity index (χ0) is 13.0. The van der Waals surface area contributed by atoms with E-state index in [4.69, 9.17) is 9.47 Å². The fraction of sp³-hybridized carbons (Fsp3) is 0.455. The lowest BCUT2D eigenvalue weighted by Crippen LogP contribution is -2.13. The predicted molar refractivity (Wildman–Crippen MR) is 52.3 cm³/mol. The van der Waals surface area contributed by atoms with Crippen LogP contribution in [0.1, 0.15) is 25.7 Å². The topological polar surface area (TPSA) is 18.5 Å². The molecule has 0 atom stereocenters. The second-order valence-electron chi connectivity index (χ2n) is 3.13. The van der Waals surface area contributed by atoms with Crippen molar-refractivity contribution in [1.82, 2.24) is 0 Å².